The molecule has 0 saturated carbocycles. The highest BCUT2D eigenvalue weighted by atomic mass is 35.5. The first-order chi connectivity index (χ1) is 21.2. The normalized spacial score (nSPS) is 12.3. The van der Waals surface area contributed by atoms with Crippen LogP contribution in [-0.2, 0) is 32.6 Å². The van der Waals surface area contributed by atoms with Gasteiger partial charge < -0.3 is 10.2 Å². The molecule has 0 aromatic heterocycles. The standard InChI is InChI=1S/C35H37Cl2N3O4S/c1-25-12-11-15-27(20-25)23-39(32(34(42)38-35(2,3)4)21-26-13-7-5-8-14-26)33(41)24-40(31-22-28(36)18-19-30(31)37)45(43,44)29-16-9-6-10-17-29/h5-20,22,32H,21,23-24H2,1-4H3,(H,38,42)/t32-/m1/s1. The van der Waals surface area contributed by atoms with Crippen LogP contribution in [0.5, 0.6) is 0 Å². The van der Waals surface area contributed by atoms with Gasteiger partial charge in [0.2, 0.25) is 11.8 Å². The summed E-state index contributed by atoms with van der Waals surface area (Å²) in [5, 5.41) is 3.38. The van der Waals surface area contributed by atoms with Gasteiger partial charge in [-0.15, -0.1) is 0 Å². The first-order valence-corrected chi connectivity index (χ1v) is 16.7. The molecule has 0 spiro atoms. The summed E-state index contributed by atoms with van der Waals surface area (Å²) in [5.74, 6) is -0.942. The van der Waals surface area contributed by atoms with Crippen LogP contribution in [0.2, 0.25) is 10.0 Å². The van der Waals surface area contributed by atoms with Gasteiger partial charge in [-0.2, -0.15) is 0 Å². The number of nitrogens with one attached hydrogen (secondary N) is 1. The first-order valence-electron chi connectivity index (χ1n) is 14.5. The van der Waals surface area contributed by atoms with Crippen LogP contribution in [0, 0.1) is 6.92 Å². The Bertz CT molecular complexity index is 1740. The number of anilines is 1. The lowest BCUT2D eigenvalue weighted by molar-refractivity contribution is -0.140. The fraction of sp³-hybridized carbons (Fsp3) is 0.257. The summed E-state index contributed by atoms with van der Waals surface area (Å²) in [7, 11) is -4.29. The van der Waals surface area contributed by atoms with Crippen LogP contribution in [-0.4, -0.2) is 43.3 Å². The third-order valence-corrected chi connectivity index (χ3v) is 9.32. The molecule has 0 aliphatic carbocycles. The molecule has 0 aliphatic heterocycles. The summed E-state index contributed by atoms with van der Waals surface area (Å²) in [4.78, 5) is 30.0. The Morgan fingerprint density at radius 2 is 1.44 bits per heavy atom. The summed E-state index contributed by atoms with van der Waals surface area (Å²) in [6.07, 6.45) is 0.212. The molecule has 0 radical (unpaired) electrons. The highest BCUT2D eigenvalue weighted by molar-refractivity contribution is 7.92. The van der Waals surface area contributed by atoms with E-state index in [1.807, 2.05) is 82.3 Å². The Hall–Kier alpha value is -3.85. The minimum absolute atomic E-state index is 0.0228. The van der Waals surface area contributed by atoms with Gasteiger partial charge in [0.05, 0.1) is 15.6 Å². The number of sulfonamides is 1. The number of benzene rings is 4. The quantitative estimate of drug-likeness (QED) is 0.186. The van der Waals surface area contributed by atoms with Gasteiger partial charge in [-0.25, -0.2) is 8.42 Å². The molecule has 0 heterocycles. The van der Waals surface area contributed by atoms with Crippen molar-refractivity contribution in [2.24, 2.45) is 0 Å². The second-order valence-electron chi connectivity index (χ2n) is 11.9. The van der Waals surface area contributed by atoms with Crippen molar-refractivity contribution >= 4 is 50.7 Å². The molecule has 0 aliphatic rings. The van der Waals surface area contributed by atoms with E-state index in [-0.39, 0.29) is 39.5 Å². The second kappa shape index (κ2) is 14.5. The van der Waals surface area contributed by atoms with Gasteiger partial charge in [0.25, 0.3) is 10.0 Å². The molecular formula is C35H37Cl2N3O4S. The van der Waals surface area contributed by atoms with Crippen molar-refractivity contribution in [1.29, 1.82) is 0 Å². The summed E-state index contributed by atoms with van der Waals surface area (Å²) >= 11 is 12.8. The molecule has 4 aromatic carbocycles. The van der Waals surface area contributed by atoms with Gasteiger partial charge in [-0.1, -0.05) is 102 Å². The minimum Gasteiger partial charge on any atom is -0.350 e. The number of nitrogens with zero attached hydrogens (tertiary/aromatic N) is 2. The predicted octanol–water partition coefficient (Wildman–Crippen LogP) is 7.05. The monoisotopic (exact) mass is 665 g/mol. The Kier molecular flexibility index (Phi) is 11.0. The molecular weight excluding hydrogens is 629 g/mol. The number of aryl methyl sites for hydroxylation is 1. The number of halogens is 2. The molecule has 0 fully saturated rings. The number of hydrogen-bond acceptors (Lipinski definition) is 4. The summed E-state index contributed by atoms with van der Waals surface area (Å²) in [6, 6.07) is 28.3. The lowest BCUT2D eigenvalue weighted by Gasteiger charge is -2.35. The average Bonchev–Trinajstić information content (AvgIpc) is 2.99. The van der Waals surface area contributed by atoms with E-state index in [0.717, 1.165) is 21.0 Å². The van der Waals surface area contributed by atoms with Crippen molar-refractivity contribution in [3.8, 4) is 0 Å². The average molecular weight is 667 g/mol. The van der Waals surface area contributed by atoms with E-state index in [1.165, 1.54) is 29.2 Å². The van der Waals surface area contributed by atoms with Crippen LogP contribution in [0.25, 0.3) is 0 Å². The minimum atomic E-state index is -4.29. The van der Waals surface area contributed by atoms with E-state index in [4.69, 9.17) is 23.2 Å². The molecule has 0 bridgehead atoms. The number of rotatable bonds is 11. The number of hydrogen-bond donors (Lipinski definition) is 1. The van der Waals surface area contributed by atoms with Crippen molar-refractivity contribution in [3.63, 3.8) is 0 Å². The van der Waals surface area contributed by atoms with E-state index in [0.29, 0.717) is 0 Å². The van der Waals surface area contributed by atoms with Crippen LogP contribution in [0.15, 0.2) is 108 Å². The third kappa shape index (κ3) is 9.10. The second-order valence-corrected chi connectivity index (χ2v) is 14.6. The van der Waals surface area contributed by atoms with Gasteiger partial charge in [-0.3, -0.25) is 13.9 Å². The van der Waals surface area contributed by atoms with Crippen LogP contribution < -0.4 is 9.62 Å². The maximum absolute atomic E-state index is 14.6. The fourth-order valence-electron chi connectivity index (χ4n) is 4.92. The van der Waals surface area contributed by atoms with Gasteiger partial charge >= 0.3 is 0 Å². The summed E-state index contributed by atoms with van der Waals surface area (Å²) in [6.45, 7) is 6.99. The molecule has 1 atom stereocenters. The highest BCUT2D eigenvalue weighted by Gasteiger charge is 2.36. The molecule has 4 rings (SSSR count). The molecule has 45 heavy (non-hydrogen) atoms. The zero-order valence-electron chi connectivity index (χ0n) is 25.7. The van der Waals surface area contributed by atoms with E-state index in [2.05, 4.69) is 5.32 Å². The van der Waals surface area contributed by atoms with Crippen LogP contribution in [0.3, 0.4) is 0 Å². The maximum atomic E-state index is 14.6. The lowest BCUT2D eigenvalue weighted by atomic mass is 10.0. The molecule has 0 saturated heterocycles. The molecule has 236 valence electrons. The van der Waals surface area contributed by atoms with Gasteiger partial charge in [0.15, 0.2) is 0 Å². The summed E-state index contributed by atoms with van der Waals surface area (Å²) in [5.41, 5.74) is 2.10. The van der Waals surface area contributed by atoms with E-state index in [1.54, 1.807) is 24.3 Å². The number of carbonyl (C=O) groups excluding carboxylic acids is 2. The highest BCUT2D eigenvalue weighted by Crippen LogP contribution is 2.33. The first kappa shape index (κ1) is 34.0. The molecule has 4 aromatic rings. The van der Waals surface area contributed by atoms with Crippen molar-refractivity contribution in [2.45, 2.75) is 57.1 Å². The Labute approximate surface area is 275 Å². The topological polar surface area (TPSA) is 86.8 Å². The maximum Gasteiger partial charge on any atom is 0.264 e. The fourth-order valence-corrected chi connectivity index (χ4v) is 6.81. The SMILES string of the molecule is Cc1cccc(CN(C(=O)CN(c2cc(Cl)ccc2Cl)S(=O)(=O)c2ccccc2)[C@H](Cc2ccccc2)C(=O)NC(C)(C)C)c1. The van der Waals surface area contributed by atoms with Crippen molar-refractivity contribution < 1.29 is 18.0 Å². The molecule has 7 nitrogen and oxygen atoms in total. The lowest BCUT2D eigenvalue weighted by Crippen LogP contribution is -2.56. The van der Waals surface area contributed by atoms with Gasteiger partial charge in [0.1, 0.15) is 12.6 Å². The smallest absolute Gasteiger partial charge is 0.264 e. The summed E-state index contributed by atoms with van der Waals surface area (Å²) < 4.78 is 29.2. The zero-order chi connectivity index (χ0) is 32.8. The van der Waals surface area contributed by atoms with Gasteiger partial charge in [0, 0.05) is 23.5 Å². The van der Waals surface area contributed by atoms with Crippen molar-refractivity contribution in [3.05, 3.63) is 130 Å². The van der Waals surface area contributed by atoms with Gasteiger partial charge in [-0.05, 0) is 69.2 Å². The number of amides is 2. The van der Waals surface area contributed by atoms with E-state index in [9.17, 15) is 18.0 Å². The Balaban J connectivity index is 1.84. The van der Waals surface area contributed by atoms with Crippen molar-refractivity contribution in [1.82, 2.24) is 10.2 Å². The van der Waals surface area contributed by atoms with Crippen LogP contribution in [0.4, 0.5) is 5.69 Å². The van der Waals surface area contributed by atoms with Crippen LogP contribution >= 0.6 is 23.2 Å². The zero-order valence-corrected chi connectivity index (χ0v) is 28.0. The molecule has 2 amide bonds. The van der Waals surface area contributed by atoms with E-state index >= 15 is 0 Å². The van der Waals surface area contributed by atoms with Crippen molar-refractivity contribution in [2.75, 3.05) is 10.8 Å². The molecule has 1 N–H and O–H groups in total. The number of carbonyl (C=O) groups is 2. The van der Waals surface area contributed by atoms with E-state index < -0.39 is 34.1 Å². The largest absolute Gasteiger partial charge is 0.350 e. The third-order valence-electron chi connectivity index (χ3n) is 6.99. The predicted molar refractivity (Wildman–Crippen MR) is 181 cm³/mol. The van der Waals surface area contributed by atoms with Crippen LogP contribution in [0.1, 0.15) is 37.5 Å². The molecule has 10 heteroatoms. The molecule has 0 unspecified atom stereocenters. The Morgan fingerprint density at radius 3 is 2.07 bits per heavy atom. The Morgan fingerprint density at radius 1 is 0.822 bits per heavy atom.